The lowest BCUT2D eigenvalue weighted by molar-refractivity contribution is 0.0694. The zero-order valence-corrected chi connectivity index (χ0v) is 12.6. The van der Waals surface area contributed by atoms with Crippen molar-refractivity contribution in [3.05, 3.63) is 55.1 Å². The van der Waals surface area contributed by atoms with E-state index >= 15 is 0 Å². The van der Waals surface area contributed by atoms with Crippen LogP contribution >= 0.6 is 11.3 Å². The van der Waals surface area contributed by atoms with Gasteiger partial charge >= 0.3 is 5.97 Å². The lowest BCUT2D eigenvalue weighted by Gasteiger charge is -2.13. The molecule has 0 unspecified atom stereocenters. The average molecular weight is 291 g/mol. The summed E-state index contributed by atoms with van der Waals surface area (Å²) in [5.41, 5.74) is 1.08. The summed E-state index contributed by atoms with van der Waals surface area (Å²) in [6, 6.07) is 5.44. The zero-order chi connectivity index (χ0) is 14.9. The highest BCUT2D eigenvalue weighted by Gasteiger charge is 2.16. The highest BCUT2D eigenvalue weighted by atomic mass is 32.1. The van der Waals surface area contributed by atoms with Crippen LogP contribution in [-0.2, 0) is 13.0 Å². The fourth-order valence-corrected chi connectivity index (χ4v) is 3.24. The molecule has 2 heterocycles. The van der Waals surface area contributed by atoms with E-state index in [0.717, 1.165) is 11.3 Å². The second-order valence-electron chi connectivity index (χ2n) is 4.74. The Hall–Kier alpha value is -1.88. The topological polar surface area (TPSA) is 59.3 Å². The van der Waals surface area contributed by atoms with E-state index in [1.54, 1.807) is 25.2 Å². The molecule has 0 bridgehead atoms. The van der Waals surface area contributed by atoms with Crippen LogP contribution in [0.15, 0.2) is 23.0 Å². The quantitative estimate of drug-likeness (QED) is 0.942. The van der Waals surface area contributed by atoms with Crippen molar-refractivity contribution >= 4 is 17.3 Å². The van der Waals surface area contributed by atoms with Crippen molar-refractivity contribution in [2.75, 3.05) is 0 Å². The Labute approximate surface area is 121 Å². The molecule has 0 saturated heterocycles. The van der Waals surface area contributed by atoms with Gasteiger partial charge in [-0.3, -0.25) is 4.79 Å². The van der Waals surface area contributed by atoms with Gasteiger partial charge in [0.2, 0.25) is 0 Å². The highest BCUT2D eigenvalue weighted by molar-refractivity contribution is 7.11. The van der Waals surface area contributed by atoms with E-state index in [1.165, 1.54) is 15.5 Å². The standard InChI is InChI=1S/C15H17NO3S/c1-4-11-5-6-12(20-11)8-16-10(3)14(15(18)19)9(2)7-13(16)17/h5-7H,4,8H2,1-3H3,(H,18,19). The maximum absolute atomic E-state index is 12.1. The molecule has 0 atom stereocenters. The maximum Gasteiger partial charge on any atom is 0.337 e. The lowest BCUT2D eigenvalue weighted by Crippen LogP contribution is -2.25. The number of hydrogen-bond donors (Lipinski definition) is 1. The van der Waals surface area contributed by atoms with Crippen LogP contribution in [0.1, 0.15) is 38.3 Å². The second kappa shape index (κ2) is 5.63. The summed E-state index contributed by atoms with van der Waals surface area (Å²) in [4.78, 5) is 25.7. The first-order chi connectivity index (χ1) is 9.43. The monoisotopic (exact) mass is 291 g/mol. The SMILES string of the molecule is CCc1ccc(Cn2c(C)c(C(=O)O)c(C)cc2=O)s1. The van der Waals surface area contributed by atoms with Crippen molar-refractivity contribution in [2.24, 2.45) is 0 Å². The molecule has 0 aromatic carbocycles. The third-order valence-corrected chi connectivity index (χ3v) is 4.57. The van der Waals surface area contributed by atoms with Crippen molar-refractivity contribution in [1.82, 2.24) is 4.57 Å². The van der Waals surface area contributed by atoms with Gasteiger partial charge in [0.1, 0.15) is 0 Å². The molecular formula is C15H17NO3S. The molecule has 2 rings (SSSR count). The van der Waals surface area contributed by atoms with Crippen molar-refractivity contribution in [3.63, 3.8) is 0 Å². The van der Waals surface area contributed by atoms with E-state index in [1.807, 2.05) is 12.1 Å². The largest absolute Gasteiger partial charge is 0.478 e. The third-order valence-electron chi connectivity index (χ3n) is 3.36. The summed E-state index contributed by atoms with van der Waals surface area (Å²) in [7, 11) is 0. The Bertz CT molecular complexity index is 712. The van der Waals surface area contributed by atoms with E-state index < -0.39 is 5.97 Å². The molecule has 0 aliphatic rings. The molecule has 0 amide bonds. The van der Waals surface area contributed by atoms with Gasteiger partial charge in [-0.05, 0) is 38.0 Å². The van der Waals surface area contributed by atoms with Gasteiger partial charge in [-0.2, -0.15) is 0 Å². The fraction of sp³-hybridized carbons (Fsp3) is 0.333. The third kappa shape index (κ3) is 2.67. The van der Waals surface area contributed by atoms with Gasteiger partial charge in [-0.1, -0.05) is 6.92 Å². The second-order valence-corrected chi connectivity index (χ2v) is 5.99. The molecule has 2 aromatic heterocycles. The molecule has 5 heteroatoms. The summed E-state index contributed by atoms with van der Waals surface area (Å²) in [6.45, 7) is 5.85. The van der Waals surface area contributed by atoms with Crippen LogP contribution in [-0.4, -0.2) is 15.6 Å². The van der Waals surface area contributed by atoms with Crippen LogP contribution in [0, 0.1) is 13.8 Å². The van der Waals surface area contributed by atoms with E-state index in [-0.39, 0.29) is 11.1 Å². The first-order valence-corrected chi connectivity index (χ1v) is 7.27. The Morgan fingerprint density at radius 2 is 1.95 bits per heavy atom. The van der Waals surface area contributed by atoms with Gasteiger partial charge < -0.3 is 9.67 Å². The number of carboxylic acids is 1. The minimum atomic E-state index is -0.992. The van der Waals surface area contributed by atoms with E-state index in [4.69, 9.17) is 0 Å². The van der Waals surface area contributed by atoms with Crippen molar-refractivity contribution in [1.29, 1.82) is 0 Å². The number of nitrogens with zero attached hydrogens (tertiary/aromatic N) is 1. The lowest BCUT2D eigenvalue weighted by atomic mass is 10.1. The number of pyridine rings is 1. The van der Waals surface area contributed by atoms with Gasteiger partial charge in [0.05, 0.1) is 12.1 Å². The normalized spacial score (nSPS) is 10.8. The number of aryl methyl sites for hydroxylation is 2. The van der Waals surface area contributed by atoms with Crippen molar-refractivity contribution in [2.45, 2.75) is 33.7 Å². The Morgan fingerprint density at radius 3 is 2.50 bits per heavy atom. The van der Waals surface area contributed by atoms with Crippen molar-refractivity contribution < 1.29 is 9.90 Å². The minimum Gasteiger partial charge on any atom is -0.478 e. The average Bonchev–Trinajstić information content (AvgIpc) is 2.81. The van der Waals surface area contributed by atoms with Crippen molar-refractivity contribution in [3.8, 4) is 0 Å². The molecule has 0 aliphatic carbocycles. The number of aromatic nitrogens is 1. The number of thiophene rings is 1. The van der Waals surface area contributed by atoms with Gasteiger partial charge in [0, 0.05) is 21.5 Å². The summed E-state index contributed by atoms with van der Waals surface area (Å²) in [5, 5.41) is 9.26. The molecule has 1 N–H and O–H groups in total. The van der Waals surface area contributed by atoms with Crippen LogP contribution in [0.4, 0.5) is 0 Å². The molecule has 0 fully saturated rings. The Morgan fingerprint density at radius 1 is 1.30 bits per heavy atom. The summed E-state index contributed by atoms with van der Waals surface area (Å²) in [5.74, 6) is -0.992. The Balaban J connectivity index is 2.48. The highest BCUT2D eigenvalue weighted by Crippen LogP contribution is 2.19. The first kappa shape index (κ1) is 14.5. The maximum atomic E-state index is 12.1. The fourth-order valence-electron chi connectivity index (χ4n) is 2.29. The van der Waals surface area contributed by atoms with Crippen LogP contribution in [0.5, 0.6) is 0 Å². The van der Waals surface area contributed by atoms with E-state index in [9.17, 15) is 14.7 Å². The molecule has 0 aliphatic heterocycles. The molecule has 0 saturated carbocycles. The molecule has 0 radical (unpaired) electrons. The Kier molecular flexibility index (Phi) is 4.09. The molecule has 20 heavy (non-hydrogen) atoms. The van der Waals surface area contributed by atoms with E-state index in [0.29, 0.717) is 17.8 Å². The first-order valence-electron chi connectivity index (χ1n) is 6.46. The predicted molar refractivity (Wildman–Crippen MR) is 79.9 cm³/mol. The predicted octanol–water partition coefficient (Wildman–Crippen LogP) is 2.84. The summed E-state index contributed by atoms with van der Waals surface area (Å²) < 4.78 is 1.53. The summed E-state index contributed by atoms with van der Waals surface area (Å²) in [6.07, 6.45) is 0.965. The molecule has 4 nitrogen and oxygen atoms in total. The van der Waals surface area contributed by atoms with Crippen LogP contribution in [0.3, 0.4) is 0 Å². The van der Waals surface area contributed by atoms with Gasteiger partial charge in [0.25, 0.3) is 5.56 Å². The van der Waals surface area contributed by atoms with E-state index in [2.05, 4.69) is 6.92 Å². The smallest absolute Gasteiger partial charge is 0.337 e. The van der Waals surface area contributed by atoms with Crippen LogP contribution in [0.2, 0.25) is 0 Å². The molecule has 2 aromatic rings. The zero-order valence-electron chi connectivity index (χ0n) is 11.8. The van der Waals surface area contributed by atoms with Crippen LogP contribution in [0.25, 0.3) is 0 Å². The number of carboxylic acid groups (broad SMARTS) is 1. The molecular weight excluding hydrogens is 274 g/mol. The van der Waals surface area contributed by atoms with Gasteiger partial charge in [-0.25, -0.2) is 4.79 Å². The van der Waals surface area contributed by atoms with Gasteiger partial charge in [-0.15, -0.1) is 11.3 Å². The van der Waals surface area contributed by atoms with Crippen LogP contribution < -0.4 is 5.56 Å². The number of aromatic carboxylic acids is 1. The number of hydrogen-bond acceptors (Lipinski definition) is 3. The molecule has 106 valence electrons. The summed E-state index contributed by atoms with van der Waals surface area (Å²) >= 11 is 1.66. The van der Waals surface area contributed by atoms with Gasteiger partial charge in [0.15, 0.2) is 0 Å². The number of rotatable bonds is 4. The molecule has 0 spiro atoms. The number of carbonyl (C=O) groups is 1. The minimum absolute atomic E-state index is 0.156.